The highest BCUT2D eigenvalue weighted by molar-refractivity contribution is 7.18. The molecule has 0 spiro atoms. The van der Waals surface area contributed by atoms with Crippen molar-refractivity contribution in [2.24, 2.45) is 0 Å². The largest absolute Gasteiger partial charge is 0.495 e. The zero-order chi connectivity index (χ0) is 20.3. The average Bonchev–Trinajstić information content (AvgIpc) is 3.06. The second-order valence-corrected chi connectivity index (χ2v) is 7.95. The number of esters is 1. The summed E-state index contributed by atoms with van der Waals surface area (Å²) >= 11 is 7.79. The summed E-state index contributed by atoms with van der Waals surface area (Å²) in [6, 6.07) is 7.68. The van der Waals surface area contributed by atoms with E-state index < -0.39 is 5.92 Å². The minimum atomic E-state index is -0.493. The monoisotopic (exact) mass is 419 g/mol. The van der Waals surface area contributed by atoms with Gasteiger partial charge in [-0.05, 0) is 37.1 Å². The lowest BCUT2D eigenvalue weighted by Crippen LogP contribution is -2.17. The van der Waals surface area contributed by atoms with Crippen molar-refractivity contribution in [1.82, 2.24) is 9.97 Å². The second kappa shape index (κ2) is 8.75. The summed E-state index contributed by atoms with van der Waals surface area (Å²) in [5.41, 5.74) is 0.992. The van der Waals surface area contributed by atoms with Gasteiger partial charge in [0.25, 0.3) is 0 Å². The zero-order valence-corrected chi connectivity index (χ0v) is 17.8. The number of aryl methyl sites for hydroxylation is 1. The molecule has 0 aliphatic rings. The summed E-state index contributed by atoms with van der Waals surface area (Å²) in [5, 5.41) is 4.85. The number of nitrogens with zero attached hydrogens (tertiary/aromatic N) is 2. The fraction of sp³-hybridized carbons (Fsp3) is 0.350. The number of ether oxygens (including phenoxy) is 2. The first-order chi connectivity index (χ1) is 13.5. The molecule has 0 saturated carbocycles. The number of anilines is 1. The van der Waals surface area contributed by atoms with Crippen molar-refractivity contribution in [1.29, 1.82) is 0 Å². The molecule has 148 valence electrons. The second-order valence-electron chi connectivity index (χ2n) is 6.31. The maximum Gasteiger partial charge on any atom is 0.316 e. The Hall–Kier alpha value is -2.38. The molecule has 0 saturated heterocycles. The van der Waals surface area contributed by atoms with Crippen molar-refractivity contribution in [2.75, 3.05) is 19.5 Å². The molecule has 2 heterocycles. The van der Waals surface area contributed by atoms with Gasteiger partial charge < -0.3 is 14.8 Å². The normalized spacial score (nSPS) is 12.0. The van der Waals surface area contributed by atoms with Crippen LogP contribution in [0.15, 0.2) is 24.3 Å². The van der Waals surface area contributed by atoms with Gasteiger partial charge in [0.2, 0.25) is 0 Å². The van der Waals surface area contributed by atoms with E-state index in [4.69, 9.17) is 21.1 Å². The van der Waals surface area contributed by atoms with Crippen LogP contribution in [-0.2, 0) is 16.1 Å². The number of hydrogen-bond acceptors (Lipinski definition) is 7. The molecule has 1 aromatic carbocycles. The summed E-state index contributed by atoms with van der Waals surface area (Å²) in [6.07, 6.45) is 0.566. The van der Waals surface area contributed by atoms with E-state index in [-0.39, 0.29) is 5.97 Å². The highest BCUT2D eigenvalue weighted by Gasteiger charge is 2.24. The van der Waals surface area contributed by atoms with Gasteiger partial charge in [-0.2, -0.15) is 0 Å². The predicted molar refractivity (Wildman–Crippen MR) is 113 cm³/mol. The van der Waals surface area contributed by atoms with E-state index in [1.165, 1.54) is 7.11 Å². The Morgan fingerprint density at radius 2 is 2.07 bits per heavy atom. The topological polar surface area (TPSA) is 73.3 Å². The first kappa shape index (κ1) is 20.4. The number of halogens is 1. The van der Waals surface area contributed by atoms with Crippen LogP contribution in [0.1, 0.15) is 35.5 Å². The van der Waals surface area contributed by atoms with Gasteiger partial charge in [0.1, 0.15) is 28.1 Å². The van der Waals surface area contributed by atoms with E-state index in [9.17, 15) is 4.79 Å². The summed E-state index contributed by atoms with van der Waals surface area (Å²) in [7, 11) is 2.97. The van der Waals surface area contributed by atoms with E-state index in [1.807, 2.05) is 38.1 Å². The first-order valence-corrected chi connectivity index (χ1v) is 10.1. The van der Waals surface area contributed by atoms with E-state index in [0.29, 0.717) is 35.4 Å². The van der Waals surface area contributed by atoms with Crippen LogP contribution in [0.25, 0.3) is 10.2 Å². The lowest BCUT2D eigenvalue weighted by Gasteiger charge is -2.14. The fourth-order valence-electron chi connectivity index (χ4n) is 2.95. The molecule has 2 aromatic heterocycles. The van der Waals surface area contributed by atoms with Crippen molar-refractivity contribution in [3.63, 3.8) is 0 Å². The summed E-state index contributed by atoms with van der Waals surface area (Å²) in [5.74, 6) is 0.975. The third kappa shape index (κ3) is 4.20. The number of fused-ring (bicyclic) bond motifs is 1. The molecule has 1 atom stereocenters. The van der Waals surface area contributed by atoms with Gasteiger partial charge in [-0.1, -0.05) is 24.6 Å². The van der Waals surface area contributed by atoms with Gasteiger partial charge in [0.15, 0.2) is 0 Å². The molecule has 0 bridgehead atoms. The smallest absolute Gasteiger partial charge is 0.316 e. The molecule has 28 heavy (non-hydrogen) atoms. The van der Waals surface area contributed by atoms with Crippen LogP contribution in [0.3, 0.4) is 0 Å². The molecule has 0 aliphatic carbocycles. The maximum atomic E-state index is 12.1. The van der Waals surface area contributed by atoms with Gasteiger partial charge in [-0.25, -0.2) is 9.97 Å². The Morgan fingerprint density at radius 1 is 1.29 bits per heavy atom. The Bertz CT molecular complexity index is 1010. The number of benzene rings is 1. The van der Waals surface area contributed by atoms with Crippen LogP contribution < -0.4 is 10.1 Å². The number of aromatic nitrogens is 2. The van der Waals surface area contributed by atoms with Crippen molar-refractivity contribution in [3.05, 3.63) is 45.6 Å². The molecule has 3 aromatic rings. The van der Waals surface area contributed by atoms with E-state index in [1.54, 1.807) is 18.4 Å². The van der Waals surface area contributed by atoms with E-state index in [0.717, 1.165) is 20.7 Å². The fourth-order valence-corrected chi connectivity index (χ4v) is 4.12. The van der Waals surface area contributed by atoms with Crippen LogP contribution in [0.2, 0.25) is 5.02 Å². The van der Waals surface area contributed by atoms with Crippen LogP contribution in [-0.4, -0.2) is 30.2 Å². The lowest BCUT2D eigenvalue weighted by molar-refractivity contribution is -0.142. The minimum absolute atomic E-state index is 0.331. The van der Waals surface area contributed by atoms with Gasteiger partial charge in [0, 0.05) is 11.4 Å². The minimum Gasteiger partial charge on any atom is -0.495 e. The number of thiophene rings is 1. The molecule has 3 rings (SSSR count). The molecule has 0 aliphatic heterocycles. The number of hydrogen-bond donors (Lipinski definition) is 1. The molecular formula is C20H22ClN3O3S. The average molecular weight is 420 g/mol. The van der Waals surface area contributed by atoms with Crippen LogP contribution in [0.4, 0.5) is 5.82 Å². The van der Waals surface area contributed by atoms with Gasteiger partial charge in [-0.15, -0.1) is 11.3 Å². The lowest BCUT2D eigenvalue weighted by atomic mass is 10.1. The van der Waals surface area contributed by atoms with Gasteiger partial charge in [-0.3, -0.25) is 4.79 Å². The standard InChI is InChI=1S/C20H22ClN3O3S/c1-5-13(20(25)27-4)18-23-17(14-8-11(2)28-19(14)24-18)22-10-12-6-7-16(26-3)15(21)9-12/h6-9,13H,5,10H2,1-4H3,(H,22,23,24). The quantitative estimate of drug-likeness (QED) is 0.547. The summed E-state index contributed by atoms with van der Waals surface area (Å²) < 4.78 is 10.1. The van der Waals surface area contributed by atoms with Crippen molar-refractivity contribution in [3.8, 4) is 5.75 Å². The molecule has 1 N–H and O–H groups in total. The summed E-state index contributed by atoms with van der Waals surface area (Å²) in [4.78, 5) is 23.4. The SMILES string of the molecule is CCC(C(=O)OC)c1nc(NCc2ccc(OC)c(Cl)c2)c2cc(C)sc2n1. The molecule has 0 fully saturated rings. The Kier molecular flexibility index (Phi) is 6.36. The maximum absolute atomic E-state index is 12.1. The van der Waals surface area contributed by atoms with E-state index >= 15 is 0 Å². The highest BCUT2D eigenvalue weighted by Crippen LogP contribution is 2.32. The number of nitrogens with one attached hydrogen (secondary N) is 1. The molecule has 6 nitrogen and oxygen atoms in total. The van der Waals surface area contributed by atoms with Gasteiger partial charge >= 0.3 is 5.97 Å². The van der Waals surface area contributed by atoms with Gasteiger partial charge in [0.05, 0.1) is 24.6 Å². The van der Waals surface area contributed by atoms with Crippen LogP contribution in [0, 0.1) is 6.92 Å². The Balaban J connectivity index is 1.94. The first-order valence-electron chi connectivity index (χ1n) is 8.89. The van der Waals surface area contributed by atoms with E-state index in [2.05, 4.69) is 15.3 Å². The van der Waals surface area contributed by atoms with Crippen LogP contribution >= 0.6 is 22.9 Å². The highest BCUT2D eigenvalue weighted by atomic mass is 35.5. The van der Waals surface area contributed by atoms with Crippen LogP contribution in [0.5, 0.6) is 5.75 Å². The third-order valence-electron chi connectivity index (χ3n) is 4.42. The Labute approximate surface area is 172 Å². The number of carbonyl (C=O) groups is 1. The number of carbonyl (C=O) groups excluding carboxylic acids is 1. The molecular weight excluding hydrogens is 398 g/mol. The molecule has 8 heteroatoms. The Morgan fingerprint density at radius 3 is 2.71 bits per heavy atom. The van der Waals surface area contributed by atoms with Crippen molar-refractivity contribution in [2.45, 2.75) is 32.7 Å². The molecule has 0 amide bonds. The third-order valence-corrected chi connectivity index (χ3v) is 5.65. The van der Waals surface area contributed by atoms with Crippen molar-refractivity contribution < 1.29 is 14.3 Å². The summed E-state index contributed by atoms with van der Waals surface area (Å²) in [6.45, 7) is 4.47. The molecule has 0 radical (unpaired) electrons. The van der Waals surface area contributed by atoms with Crippen molar-refractivity contribution >= 4 is 44.9 Å². The predicted octanol–water partition coefficient (Wildman–Crippen LogP) is 4.94. The number of methoxy groups -OCH3 is 2. The zero-order valence-electron chi connectivity index (χ0n) is 16.2. The molecule has 1 unspecified atom stereocenters. The number of rotatable bonds is 7.